The van der Waals surface area contributed by atoms with Gasteiger partial charge in [0.25, 0.3) is 0 Å². The van der Waals surface area contributed by atoms with Crippen LogP contribution in [0.4, 0.5) is 0 Å². The quantitative estimate of drug-likeness (QED) is 0.0262. The number of carbonyl (C=O) groups is 3. The summed E-state index contributed by atoms with van der Waals surface area (Å²) in [5.74, 6) is -0.903. The number of allylic oxidation sites excluding steroid dienone is 10. The molecule has 0 aliphatic rings. The highest BCUT2D eigenvalue weighted by Crippen LogP contribution is 2.15. The molecule has 0 fully saturated rings. The molecule has 0 radical (unpaired) electrons. The zero-order valence-corrected chi connectivity index (χ0v) is 43.0. The zero-order chi connectivity index (χ0) is 47.2. The molecule has 0 aromatic heterocycles. The molecule has 1 atom stereocenters. The van der Waals surface area contributed by atoms with Gasteiger partial charge in [0.1, 0.15) is 13.2 Å². The predicted molar refractivity (Wildman–Crippen MR) is 279 cm³/mol. The van der Waals surface area contributed by atoms with Crippen molar-refractivity contribution < 1.29 is 28.6 Å². The minimum Gasteiger partial charge on any atom is -0.462 e. The summed E-state index contributed by atoms with van der Waals surface area (Å²) in [6, 6.07) is 0. The summed E-state index contributed by atoms with van der Waals surface area (Å²) in [4.78, 5) is 38.1. The fraction of sp³-hybridized carbons (Fsp3) is 0.780. The van der Waals surface area contributed by atoms with Crippen LogP contribution in [0.15, 0.2) is 60.8 Å². The minimum atomic E-state index is -0.786. The Bertz CT molecular complexity index is 1180. The Morgan fingerprint density at radius 3 is 0.892 bits per heavy atom. The minimum absolute atomic E-state index is 0.0842. The summed E-state index contributed by atoms with van der Waals surface area (Å²) in [6.45, 7) is 6.57. The SMILES string of the molecule is CCCCC/C=C\C/C=C\CCCCCCCCCCCC(=O)OC[C@H](COC(=O)CCCCCCC/C=C\CCCCCC)OC(=O)CCCCCCC/C=C\C/C=C\CCCCC. The smallest absolute Gasteiger partial charge is 0.306 e. The largest absolute Gasteiger partial charge is 0.462 e. The molecule has 376 valence electrons. The van der Waals surface area contributed by atoms with E-state index in [1.54, 1.807) is 0 Å². The summed E-state index contributed by atoms with van der Waals surface area (Å²) in [6.07, 6.45) is 66.3. The lowest BCUT2D eigenvalue weighted by molar-refractivity contribution is -0.167. The van der Waals surface area contributed by atoms with Gasteiger partial charge in [-0.1, -0.05) is 210 Å². The Morgan fingerprint density at radius 1 is 0.308 bits per heavy atom. The van der Waals surface area contributed by atoms with E-state index in [-0.39, 0.29) is 31.1 Å². The van der Waals surface area contributed by atoms with Gasteiger partial charge in [-0.05, 0) is 109 Å². The topological polar surface area (TPSA) is 78.9 Å². The van der Waals surface area contributed by atoms with E-state index in [1.165, 1.54) is 141 Å². The molecule has 0 saturated heterocycles. The number of rotatable bonds is 50. The van der Waals surface area contributed by atoms with Crippen molar-refractivity contribution in [3.8, 4) is 0 Å². The van der Waals surface area contributed by atoms with Gasteiger partial charge >= 0.3 is 17.9 Å². The lowest BCUT2D eigenvalue weighted by atomic mass is 10.1. The zero-order valence-electron chi connectivity index (χ0n) is 43.0. The van der Waals surface area contributed by atoms with Gasteiger partial charge in [-0.15, -0.1) is 0 Å². The molecule has 65 heavy (non-hydrogen) atoms. The van der Waals surface area contributed by atoms with Crippen molar-refractivity contribution in [3.63, 3.8) is 0 Å². The third-order valence-electron chi connectivity index (χ3n) is 12.0. The van der Waals surface area contributed by atoms with Crippen LogP contribution < -0.4 is 0 Å². The van der Waals surface area contributed by atoms with Crippen LogP contribution in [0.5, 0.6) is 0 Å². The van der Waals surface area contributed by atoms with E-state index in [9.17, 15) is 14.4 Å². The molecule has 0 aromatic carbocycles. The molecule has 6 nitrogen and oxygen atoms in total. The van der Waals surface area contributed by atoms with Crippen molar-refractivity contribution in [3.05, 3.63) is 60.8 Å². The Morgan fingerprint density at radius 2 is 0.554 bits per heavy atom. The van der Waals surface area contributed by atoms with Gasteiger partial charge in [-0.25, -0.2) is 0 Å². The van der Waals surface area contributed by atoms with Gasteiger partial charge < -0.3 is 14.2 Å². The first kappa shape index (κ1) is 62.1. The molecule has 0 bridgehead atoms. The Hall–Kier alpha value is -2.89. The summed E-state index contributed by atoms with van der Waals surface area (Å²) < 4.78 is 16.8. The van der Waals surface area contributed by atoms with E-state index in [1.807, 2.05) is 0 Å². The molecule has 0 heterocycles. The highest BCUT2D eigenvalue weighted by Gasteiger charge is 2.19. The molecule has 6 heteroatoms. The second kappa shape index (κ2) is 53.7. The number of carbonyl (C=O) groups excluding carboxylic acids is 3. The summed E-state index contributed by atoms with van der Waals surface area (Å²) in [7, 11) is 0. The van der Waals surface area contributed by atoms with E-state index in [2.05, 4.69) is 81.5 Å². The van der Waals surface area contributed by atoms with Crippen molar-refractivity contribution in [2.24, 2.45) is 0 Å². The van der Waals surface area contributed by atoms with Gasteiger partial charge in [0.05, 0.1) is 0 Å². The lowest BCUT2D eigenvalue weighted by Gasteiger charge is -2.18. The molecule has 0 aliphatic heterocycles. The maximum atomic E-state index is 12.8. The van der Waals surface area contributed by atoms with Gasteiger partial charge in [-0.2, -0.15) is 0 Å². The lowest BCUT2D eigenvalue weighted by Crippen LogP contribution is -2.30. The molecule has 0 unspecified atom stereocenters. The highest BCUT2D eigenvalue weighted by atomic mass is 16.6. The predicted octanol–water partition coefficient (Wildman–Crippen LogP) is 18.4. The van der Waals surface area contributed by atoms with Crippen LogP contribution in [0.1, 0.15) is 278 Å². The van der Waals surface area contributed by atoms with Crippen molar-refractivity contribution in [1.29, 1.82) is 0 Å². The molecular weight excluding hydrogens is 805 g/mol. The number of hydrogen-bond acceptors (Lipinski definition) is 6. The van der Waals surface area contributed by atoms with Gasteiger partial charge in [0.15, 0.2) is 6.10 Å². The third-order valence-corrected chi connectivity index (χ3v) is 12.0. The van der Waals surface area contributed by atoms with Crippen LogP contribution >= 0.6 is 0 Å². The summed E-state index contributed by atoms with van der Waals surface area (Å²) >= 11 is 0. The van der Waals surface area contributed by atoms with Crippen molar-refractivity contribution in [1.82, 2.24) is 0 Å². The maximum absolute atomic E-state index is 12.8. The van der Waals surface area contributed by atoms with Gasteiger partial charge in [0, 0.05) is 19.3 Å². The number of esters is 3. The molecule has 0 saturated carbocycles. The van der Waals surface area contributed by atoms with E-state index >= 15 is 0 Å². The van der Waals surface area contributed by atoms with Crippen LogP contribution in [0, 0.1) is 0 Å². The second-order valence-electron chi connectivity index (χ2n) is 18.5. The van der Waals surface area contributed by atoms with E-state index in [4.69, 9.17) is 14.2 Å². The molecular formula is C59H104O6. The number of ether oxygens (including phenoxy) is 3. The fourth-order valence-electron chi connectivity index (χ4n) is 7.73. The van der Waals surface area contributed by atoms with Crippen LogP contribution in [0.25, 0.3) is 0 Å². The van der Waals surface area contributed by atoms with Crippen LogP contribution in [-0.2, 0) is 28.6 Å². The van der Waals surface area contributed by atoms with E-state index < -0.39 is 6.10 Å². The first-order valence-corrected chi connectivity index (χ1v) is 27.8. The fourth-order valence-corrected chi connectivity index (χ4v) is 7.73. The molecule has 0 spiro atoms. The monoisotopic (exact) mass is 909 g/mol. The van der Waals surface area contributed by atoms with Crippen LogP contribution in [0.3, 0.4) is 0 Å². The second-order valence-corrected chi connectivity index (χ2v) is 18.5. The number of hydrogen-bond donors (Lipinski definition) is 0. The van der Waals surface area contributed by atoms with Crippen molar-refractivity contribution in [2.75, 3.05) is 13.2 Å². The first-order chi connectivity index (χ1) is 32.0. The van der Waals surface area contributed by atoms with E-state index in [0.29, 0.717) is 19.3 Å². The Kier molecular flexibility index (Phi) is 51.3. The first-order valence-electron chi connectivity index (χ1n) is 27.8. The normalized spacial score (nSPS) is 12.5. The average Bonchev–Trinajstić information content (AvgIpc) is 3.30. The highest BCUT2D eigenvalue weighted by molar-refractivity contribution is 5.71. The number of unbranched alkanes of at least 4 members (excludes halogenated alkanes) is 29. The van der Waals surface area contributed by atoms with Crippen molar-refractivity contribution in [2.45, 2.75) is 284 Å². The maximum Gasteiger partial charge on any atom is 0.306 e. The standard InChI is InChI=1S/C59H104O6/c1-4-7-10-13-16-19-22-25-27-28-29-30-32-34-37-40-43-46-49-52-58(61)64-55-56(54-63-57(60)51-48-45-42-39-36-33-24-21-18-15-12-9-6-3)65-59(62)53-50-47-44-41-38-35-31-26-23-20-17-14-11-8-5-2/h16-17,19-21,24-27,31,56H,4-15,18,22-23,28-30,32-55H2,1-3H3/b19-16-,20-17-,24-21-,27-25-,31-26-/t56-/m0/s1. The van der Waals surface area contributed by atoms with E-state index in [0.717, 1.165) is 96.3 Å². The molecule has 0 aliphatic carbocycles. The van der Waals surface area contributed by atoms with Crippen molar-refractivity contribution >= 4 is 17.9 Å². The van der Waals surface area contributed by atoms with Crippen LogP contribution in [-0.4, -0.2) is 37.2 Å². The van der Waals surface area contributed by atoms with Crippen LogP contribution in [0.2, 0.25) is 0 Å². The van der Waals surface area contributed by atoms with Gasteiger partial charge in [-0.3, -0.25) is 14.4 Å². The molecule has 0 aromatic rings. The van der Waals surface area contributed by atoms with Gasteiger partial charge in [0.2, 0.25) is 0 Å². The molecule has 0 N–H and O–H groups in total. The third kappa shape index (κ3) is 51.9. The average molecular weight is 909 g/mol. The summed E-state index contributed by atoms with van der Waals surface area (Å²) in [5, 5.41) is 0. The Labute approximate surface area is 402 Å². The molecule has 0 amide bonds. The Balaban J connectivity index is 4.38. The summed E-state index contributed by atoms with van der Waals surface area (Å²) in [5.41, 5.74) is 0. The molecule has 0 rings (SSSR count).